The van der Waals surface area contributed by atoms with Crippen LogP contribution < -0.4 is 0 Å². The number of imidazole rings is 1. The second-order valence-corrected chi connectivity index (χ2v) is 3.75. The first-order chi connectivity index (χ1) is 6.77. The van der Waals surface area contributed by atoms with Crippen molar-refractivity contribution in [1.82, 2.24) is 9.97 Å². The topological polar surface area (TPSA) is 55.0 Å². The fourth-order valence-corrected chi connectivity index (χ4v) is 1.59. The SMILES string of the molecule is CCCSc1ncc(C(=O)OCC)[nH]1. The molecule has 0 aliphatic rings. The number of nitrogens with one attached hydrogen (secondary N) is 1. The van der Waals surface area contributed by atoms with Crippen LogP contribution in [-0.4, -0.2) is 28.3 Å². The summed E-state index contributed by atoms with van der Waals surface area (Å²) in [5.74, 6) is 0.652. The number of hydrogen-bond acceptors (Lipinski definition) is 4. The molecule has 0 saturated carbocycles. The molecule has 0 saturated heterocycles. The average Bonchev–Trinajstić information content (AvgIpc) is 2.63. The summed E-state index contributed by atoms with van der Waals surface area (Å²) in [6, 6.07) is 0. The van der Waals surface area contributed by atoms with E-state index < -0.39 is 0 Å². The van der Waals surface area contributed by atoms with E-state index in [0.717, 1.165) is 17.3 Å². The molecule has 5 heteroatoms. The van der Waals surface area contributed by atoms with Crippen molar-refractivity contribution in [1.29, 1.82) is 0 Å². The van der Waals surface area contributed by atoms with Gasteiger partial charge in [0.2, 0.25) is 0 Å². The van der Waals surface area contributed by atoms with Gasteiger partial charge in [-0.3, -0.25) is 0 Å². The molecule has 1 aromatic rings. The fraction of sp³-hybridized carbons (Fsp3) is 0.556. The van der Waals surface area contributed by atoms with Gasteiger partial charge >= 0.3 is 5.97 Å². The third-order valence-electron chi connectivity index (χ3n) is 1.49. The quantitative estimate of drug-likeness (QED) is 0.602. The number of esters is 1. The van der Waals surface area contributed by atoms with Gasteiger partial charge in [0.05, 0.1) is 12.8 Å². The Morgan fingerprint density at radius 3 is 3.07 bits per heavy atom. The molecule has 4 nitrogen and oxygen atoms in total. The van der Waals surface area contributed by atoms with Gasteiger partial charge in [-0.05, 0) is 13.3 Å². The molecule has 0 fully saturated rings. The Morgan fingerprint density at radius 2 is 2.43 bits per heavy atom. The number of ether oxygens (including phenoxy) is 1. The van der Waals surface area contributed by atoms with Gasteiger partial charge in [0, 0.05) is 5.75 Å². The van der Waals surface area contributed by atoms with Crippen molar-refractivity contribution >= 4 is 17.7 Å². The minimum Gasteiger partial charge on any atom is -0.461 e. The Hall–Kier alpha value is -0.970. The number of carbonyl (C=O) groups excluding carboxylic acids is 1. The first-order valence-electron chi connectivity index (χ1n) is 4.62. The number of aromatic amines is 1. The van der Waals surface area contributed by atoms with Crippen LogP contribution in [0.4, 0.5) is 0 Å². The van der Waals surface area contributed by atoms with E-state index in [1.807, 2.05) is 0 Å². The maximum atomic E-state index is 11.2. The van der Waals surface area contributed by atoms with Crippen molar-refractivity contribution in [2.75, 3.05) is 12.4 Å². The number of thioether (sulfide) groups is 1. The van der Waals surface area contributed by atoms with Gasteiger partial charge in [-0.15, -0.1) is 0 Å². The van der Waals surface area contributed by atoms with Crippen LogP contribution in [-0.2, 0) is 4.74 Å². The summed E-state index contributed by atoms with van der Waals surface area (Å²) < 4.78 is 4.83. The summed E-state index contributed by atoms with van der Waals surface area (Å²) >= 11 is 1.60. The summed E-state index contributed by atoms with van der Waals surface area (Å²) in [6.07, 6.45) is 2.59. The molecule has 0 aromatic carbocycles. The highest BCUT2D eigenvalue weighted by molar-refractivity contribution is 7.99. The highest BCUT2D eigenvalue weighted by Crippen LogP contribution is 2.14. The van der Waals surface area contributed by atoms with Crippen LogP contribution >= 0.6 is 11.8 Å². The Bertz CT molecular complexity index is 299. The number of nitrogens with zero attached hydrogens (tertiary/aromatic N) is 1. The van der Waals surface area contributed by atoms with E-state index in [1.54, 1.807) is 18.7 Å². The molecule has 0 atom stereocenters. The number of hydrogen-bond donors (Lipinski definition) is 1. The van der Waals surface area contributed by atoms with Crippen LogP contribution in [0.3, 0.4) is 0 Å². The number of H-pyrrole nitrogens is 1. The third-order valence-corrected chi connectivity index (χ3v) is 2.58. The minimum atomic E-state index is -0.344. The zero-order valence-corrected chi connectivity index (χ0v) is 9.19. The lowest BCUT2D eigenvalue weighted by Crippen LogP contribution is -2.04. The largest absolute Gasteiger partial charge is 0.461 e. The second-order valence-electron chi connectivity index (χ2n) is 2.67. The standard InChI is InChI=1S/C9H14N2O2S/c1-3-5-14-9-10-6-7(11-9)8(12)13-4-2/h6H,3-5H2,1-2H3,(H,10,11). The van der Waals surface area contributed by atoms with Crippen LogP contribution in [0.2, 0.25) is 0 Å². The van der Waals surface area contributed by atoms with Crippen molar-refractivity contribution in [2.45, 2.75) is 25.4 Å². The van der Waals surface area contributed by atoms with Crippen LogP contribution in [0.5, 0.6) is 0 Å². The molecule has 0 aliphatic carbocycles. The first-order valence-corrected chi connectivity index (χ1v) is 5.61. The van der Waals surface area contributed by atoms with E-state index in [4.69, 9.17) is 4.74 Å². The van der Waals surface area contributed by atoms with E-state index >= 15 is 0 Å². The number of rotatable bonds is 5. The molecule has 1 aromatic heterocycles. The van der Waals surface area contributed by atoms with Crippen LogP contribution in [0.25, 0.3) is 0 Å². The molecule has 0 amide bonds. The molecule has 0 radical (unpaired) electrons. The van der Waals surface area contributed by atoms with Gasteiger partial charge in [0.15, 0.2) is 5.16 Å². The van der Waals surface area contributed by atoms with E-state index in [-0.39, 0.29) is 5.97 Å². The maximum Gasteiger partial charge on any atom is 0.356 e. The molecular weight excluding hydrogens is 200 g/mol. The van der Waals surface area contributed by atoms with Crippen molar-refractivity contribution in [3.05, 3.63) is 11.9 Å². The van der Waals surface area contributed by atoms with Gasteiger partial charge in [-0.25, -0.2) is 9.78 Å². The number of aromatic nitrogens is 2. The van der Waals surface area contributed by atoms with E-state index in [2.05, 4.69) is 16.9 Å². The Kier molecular flexibility index (Phi) is 4.52. The molecule has 1 heterocycles. The van der Waals surface area contributed by atoms with E-state index in [0.29, 0.717) is 12.3 Å². The van der Waals surface area contributed by atoms with Crippen molar-refractivity contribution in [2.24, 2.45) is 0 Å². The maximum absolute atomic E-state index is 11.2. The lowest BCUT2D eigenvalue weighted by atomic mass is 10.5. The molecule has 78 valence electrons. The molecule has 1 N–H and O–H groups in total. The molecule has 0 unspecified atom stereocenters. The van der Waals surface area contributed by atoms with Gasteiger partial charge in [0.1, 0.15) is 5.69 Å². The zero-order valence-electron chi connectivity index (χ0n) is 8.37. The summed E-state index contributed by atoms with van der Waals surface area (Å²) in [6.45, 7) is 4.26. The van der Waals surface area contributed by atoms with Crippen LogP contribution in [0.1, 0.15) is 30.8 Å². The van der Waals surface area contributed by atoms with Crippen LogP contribution in [0, 0.1) is 0 Å². The highest BCUT2D eigenvalue weighted by atomic mass is 32.2. The third kappa shape index (κ3) is 3.06. The normalized spacial score (nSPS) is 10.1. The van der Waals surface area contributed by atoms with E-state index in [1.165, 1.54) is 6.20 Å². The average molecular weight is 214 g/mol. The second kappa shape index (κ2) is 5.70. The Labute approximate surface area is 87.4 Å². The summed E-state index contributed by atoms with van der Waals surface area (Å²) in [7, 11) is 0. The smallest absolute Gasteiger partial charge is 0.356 e. The highest BCUT2D eigenvalue weighted by Gasteiger charge is 2.09. The predicted molar refractivity (Wildman–Crippen MR) is 55.6 cm³/mol. The van der Waals surface area contributed by atoms with Gasteiger partial charge in [-0.2, -0.15) is 0 Å². The lowest BCUT2D eigenvalue weighted by Gasteiger charge is -1.97. The van der Waals surface area contributed by atoms with Crippen molar-refractivity contribution in [3.8, 4) is 0 Å². The Morgan fingerprint density at radius 1 is 1.64 bits per heavy atom. The Balaban J connectivity index is 2.54. The summed E-state index contributed by atoms with van der Waals surface area (Å²) in [5.41, 5.74) is 0.422. The van der Waals surface area contributed by atoms with Crippen LogP contribution in [0.15, 0.2) is 11.4 Å². The number of carbonyl (C=O) groups is 1. The predicted octanol–water partition coefficient (Wildman–Crippen LogP) is 2.09. The van der Waals surface area contributed by atoms with Crippen molar-refractivity contribution in [3.63, 3.8) is 0 Å². The lowest BCUT2D eigenvalue weighted by molar-refractivity contribution is 0.0519. The molecule has 0 aliphatic heterocycles. The fourth-order valence-electron chi connectivity index (χ4n) is 0.888. The monoisotopic (exact) mass is 214 g/mol. The molecular formula is C9H14N2O2S. The molecule has 14 heavy (non-hydrogen) atoms. The summed E-state index contributed by atoms with van der Waals surface area (Å²) in [4.78, 5) is 18.2. The zero-order chi connectivity index (χ0) is 10.4. The summed E-state index contributed by atoms with van der Waals surface area (Å²) in [5, 5.41) is 0.773. The van der Waals surface area contributed by atoms with Gasteiger partial charge in [0.25, 0.3) is 0 Å². The molecule has 1 rings (SSSR count). The first kappa shape index (κ1) is 11.1. The molecule has 0 bridgehead atoms. The molecule has 0 spiro atoms. The van der Waals surface area contributed by atoms with Gasteiger partial charge in [-0.1, -0.05) is 18.7 Å². The minimum absolute atomic E-state index is 0.344. The van der Waals surface area contributed by atoms with Crippen molar-refractivity contribution < 1.29 is 9.53 Å². The van der Waals surface area contributed by atoms with E-state index in [9.17, 15) is 4.79 Å². The van der Waals surface area contributed by atoms with Gasteiger partial charge < -0.3 is 9.72 Å².